The number of nitrogen functional groups attached to an aromatic ring is 1. The summed E-state index contributed by atoms with van der Waals surface area (Å²) in [5.41, 5.74) is 13.5. The topological polar surface area (TPSA) is 131 Å². The molecule has 1 fully saturated rings. The molecule has 0 saturated carbocycles. The third-order valence-corrected chi connectivity index (χ3v) is 6.62. The minimum Gasteiger partial charge on any atom is -0.481 e. The molecule has 2 aliphatic rings. The Morgan fingerprint density at radius 3 is 2.65 bits per heavy atom. The monoisotopic (exact) mass is 501 g/mol. The Bertz CT molecular complexity index is 1440. The highest BCUT2D eigenvalue weighted by Gasteiger charge is 2.26. The molecule has 0 aliphatic carbocycles. The summed E-state index contributed by atoms with van der Waals surface area (Å²) in [6, 6.07) is 13.0. The Morgan fingerprint density at radius 1 is 1.19 bits per heavy atom. The van der Waals surface area contributed by atoms with E-state index in [2.05, 4.69) is 70.4 Å². The molecule has 10 nitrogen and oxygen atoms in total. The number of carboxylic acid groups (broad SMARTS) is 1. The summed E-state index contributed by atoms with van der Waals surface area (Å²) < 4.78 is 8.01. The van der Waals surface area contributed by atoms with Crippen LogP contribution >= 0.6 is 0 Å². The van der Waals surface area contributed by atoms with Gasteiger partial charge in [0.15, 0.2) is 12.4 Å². The number of anilines is 3. The number of piperidine rings is 1. The quantitative estimate of drug-likeness (QED) is 0.378. The second-order valence-corrected chi connectivity index (χ2v) is 9.45. The van der Waals surface area contributed by atoms with Gasteiger partial charge >= 0.3 is 0 Å². The highest BCUT2D eigenvalue weighted by atomic mass is 16.5. The molecule has 2 aromatic carbocycles. The molecule has 192 valence electrons. The predicted molar refractivity (Wildman–Crippen MR) is 143 cm³/mol. The van der Waals surface area contributed by atoms with Crippen LogP contribution in [0.25, 0.3) is 22.3 Å². The van der Waals surface area contributed by atoms with Crippen molar-refractivity contribution in [2.45, 2.75) is 39.7 Å². The second kappa shape index (κ2) is 10.1. The number of hydrogen-bond donors (Lipinski definition) is 3. The highest BCUT2D eigenvalue weighted by molar-refractivity contribution is 5.98. The van der Waals surface area contributed by atoms with E-state index in [-0.39, 0.29) is 6.04 Å². The van der Waals surface area contributed by atoms with Crippen molar-refractivity contribution in [1.82, 2.24) is 25.1 Å². The van der Waals surface area contributed by atoms with Gasteiger partial charge in [0.05, 0.1) is 17.1 Å². The van der Waals surface area contributed by atoms with E-state index in [0.29, 0.717) is 12.5 Å². The SMILES string of the molecule is CC(=O)O.Cc1cc(C)c2c(c1)N(c1ccc(-c3nn(C4CCCNC4)c4ncnc(N)c34)cc1)CO2. The van der Waals surface area contributed by atoms with Crippen LogP contribution in [0.2, 0.25) is 0 Å². The van der Waals surface area contributed by atoms with Crippen LogP contribution in [0.3, 0.4) is 0 Å². The molecule has 1 atom stereocenters. The molecule has 4 aromatic rings. The number of nitrogens with two attached hydrogens (primary N) is 1. The van der Waals surface area contributed by atoms with E-state index in [9.17, 15) is 0 Å². The van der Waals surface area contributed by atoms with Gasteiger partial charge in [-0.1, -0.05) is 18.2 Å². The molecular weight excluding hydrogens is 470 g/mol. The van der Waals surface area contributed by atoms with Gasteiger partial charge in [0, 0.05) is 24.7 Å². The number of aliphatic carboxylic acids is 1. The first-order chi connectivity index (χ1) is 17.8. The average molecular weight is 502 g/mol. The maximum Gasteiger partial charge on any atom is 0.300 e. The summed E-state index contributed by atoms with van der Waals surface area (Å²) >= 11 is 0. The number of benzene rings is 2. The Morgan fingerprint density at radius 2 is 1.95 bits per heavy atom. The second-order valence-electron chi connectivity index (χ2n) is 9.45. The number of rotatable bonds is 3. The first kappa shape index (κ1) is 24.5. The maximum absolute atomic E-state index is 9.00. The fourth-order valence-corrected chi connectivity index (χ4v) is 5.03. The highest BCUT2D eigenvalue weighted by Crippen LogP contribution is 2.42. The third-order valence-electron chi connectivity index (χ3n) is 6.62. The maximum atomic E-state index is 9.00. The zero-order valence-corrected chi connectivity index (χ0v) is 21.2. The standard InChI is InChI=1S/C25H27N7O.C2H4O2/c1-15-10-16(2)23-20(11-15)31(14-33-23)18-7-5-17(6-8-18)22-21-24(26)28-13-29-25(21)32(30-22)19-4-3-9-27-12-19;1-2(3)4/h5-8,10-11,13,19,27H,3-4,9,12,14H2,1-2H3,(H2,26,28,29);1H3,(H,3,4). The van der Waals surface area contributed by atoms with Crippen LogP contribution in [0.5, 0.6) is 5.75 Å². The minimum atomic E-state index is -0.833. The lowest BCUT2D eigenvalue weighted by atomic mass is 10.1. The van der Waals surface area contributed by atoms with Crippen molar-refractivity contribution in [2.24, 2.45) is 0 Å². The zero-order valence-electron chi connectivity index (χ0n) is 21.2. The lowest BCUT2D eigenvalue weighted by Crippen LogP contribution is -2.32. The number of nitrogens with zero attached hydrogens (tertiary/aromatic N) is 5. The van der Waals surface area contributed by atoms with Crippen LogP contribution in [-0.4, -0.2) is 50.6 Å². The lowest BCUT2D eigenvalue weighted by Gasteiger charge is -2.23. The van der Waals surface area contributed by atoms with E-state index in [4.69, 9.17) is 25.5 Å². The molecule has 4 N–H and O–H groups in total. The Labute approximate surface area is 215 Å². The van der Waals surface area contributed by atoms with Crippen molar-refractivity contribution in [3.8, 4) is 17.0 Å². The van der Waals surface area contributed by atoms with Crippen molar-refractivity contribution in [3.05, 3.63) is 53.9 Å². The third kappa shape index (κ3) is 4.79. The van der Waals surface area contributed by atoms with Gasteiger partial charge in [-0.3, -0.25) is 4.79 Å². The molecule has 4 heterocycles. The number of ether oxygens (including phenoxy) is 1. The number of carboxylic acids is 1. The van der Waals surface area contributed by atoms with E-state index in [1.54, 1.807) is 0 Å². The molecule has 1 unspecified atom stereocenters. The first-order valence-electron chi connectivity index (χ1n) is 12.3. The number of carbonyl (C=O) groups is 1. The normalized spacial score (nSPS) is 16.6. The summed E-state index contributed by atoms with van der Waals surface area (Å²) in [6.45, 7) is 7.72. The van der Waals surface area contributed by atoms with E-state index in [0.717, 1.165) is 77.8 Å². The molecule has 37 heavy (non-hydrogen) atoms. The van der Waals surface area contributed by atoms with Crippen LogP contribution in [-0.2, 0) is 4.79 Å². The fraction of sp³-hybridized carbons (Fsp3) is 0.333. The molecule has 0 spiro atoms. The van der Waals surface area contributed by atoms with Crippen molar-refractivity contribution in [1.29, 1.82) is 0 Å². The van der Waals surface area contributed by atoms with Crippen LogP contribution in [0, 0.1) is 13.8 Å². The van der Waals surface area contributed by atoms with Crippen LogP contribution in [0.4, 0.5) is 17.2 Å². The summed E-state index contributed by atoms with van der Waals surface area (Å²) in [5, 5.41) is 16.7. The van der Waals surface area contributed by atoms with Gasteiger partial charge in [-0.05, 0) is 62.6 Å². The molecule has 1 saturated heterocycles. The molecule has 10 heteroatoms. The van der Waals surface area contributed by atoms with Gasteiger partial charge in [-0.2, -0.15) is 5.10 Å². The van der Waals surface area contributed by atoms with Crippen molar-refractivity contribution >= 4 is 34.2 Å². The van der Waals surface area contributed by atoms with Gasteiger partial charge in [0.1, 0.15) is 23.6 Å². The largest absolute Gasteiger partial charge is 0.481 e. The molecule has 2 aromatic heterocycles. The number of aryl methyl sites for hydroxylation is 2. The summed E-state index contributed by atoms with van der Waals surface area (Å²) in [7, 11) is 0. The minimum absolute atomic E-state index is 0.258. The first-order valence-corrected chi connectivity index (χ1v) is 12.3. The Kier molecular flexibility index (Phi) is 6.66. The van der Waals surface area contributed by atoms with Crippen molar-refractivity contribution in [3.63, 3.8) is 0 Å². The van der Waals surface area contributed by atoms with Crippen LogP contribution in [0.1, 0.15) is 36.9 Å². The number of hydrogen-bond acceptors (Lipinski definition) is 8. The molecule has 0 bridgehead atoms. The zero-order chi connectivity index (χ0) is 26.1. The van der Waals surface area contributed by atoms with Gasteiger partial charge in [0.25, 0.3) is 5.97 Å². The number of aromatic nitrogens is 4. The Hall–Kier alpha value is -4.18. The van der Waals surface area contributed by atoms with Gasteiger partial charge < -0.3 is 25.8 Å². The van der Waals surface area contributed by atoms with Gasteiger partial charge in [-0.15, -0.1) is 0 Å². The fourth-order valence-electron chi connectivity index (χ4n) is 5.03. The number of nitrogens with one attached hydrogen (secondary N) is 1. The van der Waals surface area contributed by atoms with Crippen LogP contribution < -0.4 is 20.7 Å². The summed E-state index contributed by atoms with van der Waals surface area (Å²) in [6.07, 6.45) is 3.71. The predicted octanol–water partition coefficient (Wildman–Crippen LogP) is 4.20. The van der Waals surface area contributed by atoms with Crippen molar-refractivity contribution < 1.29 is 14.6 Å². The van der Waals surface area contributed by atoms with E-state index in [1.165, 1.54) is 11.9 Å². The molecule has 0 amide bonds. The molecule has 6 rings (SSSR count). The van der Waals surface area contributed by atoms with Crippen LogP contribution in [0.15, 0.2) is 42.7 Å². The molecule has 0 radical (unpaired) electrons. The Balaban J connectivity index is 0.000000655. The molecule has 2 aliphatic heterocycles. The summed E-state index contributed by atoms with van der Waals surface area (Å²) in [4.78, 5) is 20.0. The summed E-state index contributed by atoms with van der Waals surface area (Å²) in [5.74, 6) is 0.586. The number of fused-ring (bicyclic) bond motifs is 2. The van der Waals surface area contributed by atoms with Gasteiger partial charge in [-0.25, -0.2) is 14.6 Å². The van der Waals surface area contributed by atoms with Gasteiger partial charge in [0.2, 0.25) is 0 Å². The van der Waals surface area contributed by atoms with E-state index < -0.39 is 5.97 Å². The van der Waals surface area contributed by atoms with E-state index in [1.807, 2.05) is 4.68 Å². The molecular formula is C27H31N7O3. The smallest absolute Gasteiger partial charge is 0.300 e. The van der Waals surface area contributed by atoms with E-state index >= 15 is 0 Å². The average Bonchev–Trinajstić information content (AvgIpc) is 3.47. The lowest BCUT2D eigenvalue weighted by molar-refractivity contribution is -0.134. The van der Waals surface area contributed by atoms with Crippen molar-refractivity contribution in [2.75, 3.05) is 30.5 Å².